The van der Waals surface area contributed by atoms with E-state index in [0.717, 1.165) is 24.9 Å². The van der Waals surface area contributed by atoms with Crippen molar-refractivity contribution >= 4 is 17.6 Å². The van der Waals surface area contributed by atoms with Crippen LogP contribution in [0.2, 0.25) is 5.02 Å². The Morgan fingerprint density at radius 3 is 2.72 bits per heavy atom. The maximum Gasteiger partial charge on any atom is 0.313 e. The van der Waals surface area contributed by atoms with E-state index in [-0.39, 0.29) is 5.97 Å². The Hall–Kier alpha value is -1.06. The zero-order valence-electron chi connectivity index (χ0n) is 10.5. The Bertz CT molecular complexity index is 410. The molecular formula is C14H18ClNO2. The Kier molecular flexibility index (Phi) is 4.25. The maximum absolute atomic E-state index is 12.1. The third-order valence-electron chi connectivity index (χ3n) is 3.55. The fourth-order valence-corrected chi connectivity index (χ4v) is 2.70. The zero-order valence-corrected chi connectivity index (χ0v) is 11.3. The summed E-state index contributed by atoms with van der Waals surface area (Å²) in [6.07, 6.45) is 2.57. The second-order valence-electron chi connectivity index (χ2n) is 4.86. The highest BCUT2D eigenvalue weighted by Gasteiger charge is 2.40. The van der Waals surface area contributed by atoms with Crippen LogP contribution in [0.1, 0.15) is 18.4 Å². The van der Waals surface area contributed by atoms with E-state index in [9.17, 15) is 4.79 Å². The minimum atomic E-state index is -0.430. The van der Waals surface area contributed by atoms with Crippen LogP contribution in [0.3, 0.4) is 0 Å². The van der Waals surface area contributed by atoms with E-state index in [2.05, 4.69) is 5.32 Å². The lowest BCUT2D eigenvalue weighted by Crippen LogP contribution is -2.47. The third kappa shape index (κ3) is 2.85. The van der Waals surface area contributed by atoms with E-state index in [1.807, 2.05) is 24.3 Å². The molecule has 3 nitrogen and oxygen atoms in total. The van der Waals surface area contributed by atoms with Gasteiger partial charge in [0.05, 0.1) is 12.5 Å². The van der Waals surface area contributed by atoms with Crippen LogP contribution in [0.25, 0.3) is 0 Å². The molecule has 1 atom stereocenters. The molecule has 1 N–H and O–H groups in total. The number of methoxy groups -OCH3 is 1. The molecule has 18 heavy (non-hydrogen) atoms. The van der Waals surface area contributed by atoms with E-state index < -0.39 is 5.41 Å². The van der Waals surface area contributed by atoms with Crippen LogP contribution in [-0.2, 0) is 16.0 Å². The smallest absolute Gasteiger partial charge is 0.313 e. The highest BCUT2D eigenvalue weighted by Crippen LogP contribution is 2.32. The van der Waals surface area contributed by atoms with Crippen molar-refractivity contribution in [1.82, 2.24) is 5.32 Å². The van der Waals surface area contributed by atoms with Gasteiger partial charge in [0.1, 0.15) is 0 Å². The van der Waals surface area contributed by atoms with Crippen LogP contribution in [0.4, 0.5) is 0 Å². The van der Waals surface area contributed by atoms with Crippen molar-refractivity contribution in [3.63, 3.8) is 0 Å². The zero-order chi connectivity index (χ0) is 13.0. The van der Waals surface area contributed by atoms with Crippen molar-refractivity contribution in [3.8, 4) is 0 Å². The highest BCUT2D eigenvalue weighted by molar-refractivity contribution is 6.30. The standard InChI is InChI=1S/C14H18ClNO2/c1-18-13(17)14(7-2-8-16-10-14)9-11-3-5-12(15)6-4-11/h3-6,16H,2,7-10H2,1H3. The summed E-state index contributed by atoms with van der Waals surface area (Å²) in [5.74, 6) is -0.121. The van der Waals surface area contributed by atoms with Gasteiger partial charge >= 0.3 is 5.97 Å². The van der Waals surface area contributed by atoms with Gasteiger partial charge in [-0.25, -0.2) is 0 Å². The molecule has 98 valence electrons. The molecule has 0 aromatic heterocycles. The third-order valence-corrected chi connectivity index (χ3v) is 3.80. The number of carbonyl (C=O) groups excluding carboxylic acids is 1. The maximum atomic E-state index is 12.1. The summed E-state index contributed by atoms with van der Waals surface area (Å²) in [6.45, 7) is 1.65. The van der Waals surface area contributed by atoms with Crippen LogP contribution >= 0.6 is 11.6 Å². The van der Waals surface area contributed by atoms with Crippen LogP contribution < -0.4 is 5.32 Å². The number of nitrogens with one attached hydrogen (secondary N) is 1. The molecule has 0 radical (unpaired) electrons. The van der Waals surface area contributed by atoms with E-state index in [4.69, 9.17) is 16.3 Å². The first-order chi connectivity index (χ1) is 8.66. The molecule has 1 fully saturated rings. The van der Waals surface area contributed by atoms with Gasteiger partial charge in [0, 0.05) is 11.6 Å². The quantitative estimate of drug-likeness (QED) is 0.855. The fourth-order valence-electron chi connectivity index (χ4n) is 2.57. The number of benzene rings is 1. The molecule has 2 rings (SSSR count). The topological polar surface area (TPSA) is 38.3 Å². The summed E-state index contributed by atoms with van der Waals surface area (Å²) in [6, 6.07) is 7.67. The van der Waals surface area contributed by atoms with Gasteiger partial charge in [0.15, 0.2) is 0 Å². The second-order valence-corrected chi connectivity index (χ2v) is 5.29. The number of esters is 1. The SMILES string of the molecule is COC(=O)C1(Cc2ccc(Cl)cc2)CCCNC1. The van der Waals surface area contributed by atoms with Gasteiger partial charge in [0.25, 0.3) is 0 Å². The van der Waals surface area contributed by atoms with Crippen LogP contribution in [0.5, 0.6) is 0 Å². The van der Waals surface area contributed by atoms with Gasteiger partial charge in [0.2, 0.25) is 0 Å². The molecule has 0 saturated carbocycles. The van der Waals surface area contributed by atoms with Gasteiger partial charge < -0.3 is 10.1 Å². The number of piperidine rings is 1. The summed E-state index contributed by atoms with van der Waals surface area (Å²) >= 11 is 5.87. The molecule has 0 aliphatic carbocycles. The Balaban J connectivity index is 2.19. The van der Waals surface area contributed by atoms with Crippen molar-refractivity contribution in [1.29, 1.82) is 0 Å². The minimum Gasteiger partial charge on any atom is -0.469 e. The molecule has 0 bridgehead atoms. The summed E-state index contributed by atoms with van der Waals surface area (Å²) in [7, 11) is 1.46. The molecule has 1 saturated heterocycles. The van der Waals surface area contributed by atoms with Crippen LogP contribution in [-0.4, -0.2) is 26.2 Å². The largest absolute Gasteiger partial charge is 0.469 e. The molecule has 4 heteroatoms. The first-order valence-corrected chi connectivity index (χ1v) is 6.58. The highest BCUT2D eigenvalue weighted by atomic mass is 35.5. The fraction of sp³-hybridized carbons (Fsp3) is 0.500. The summed E-state index contributed by atoms with van der Waals surface area (Å²) in [5, 5.41) is 4.01. The van der Waals surface area contributed by atoms with Crippen molar-refractivity contribution in [2.75, 3.05) is 20.2 Å². The number of rotatable bonds is 3. The molecular weight excluding hydrogens is 250 g/mol. The lowest BCUT2D eigenvalue weighted by Gasteiger charge is -2.35. The van der Waals surface area contributed by atoms with Gasteiger partial charge in [-0.2, -0.15) is 0 Å². The first-order valence-electron chi connectivity index (χ1n) is 6.20. The molecule has 1 aliphatic heterocycles. The van der Waals surface area contributed by atoms with E-state index in [1.165, 1.54) is 7.11 Å². The van der Waals surface area contributed by atoms with Crippen LogP contribution in [0.15, 0.2) is 24.3 Å². The Morgan fingerprint density at radius 1 is 1.44 bits per heavy atom. The number of halogens is 1. The van der Waals surface area contributed by atoms with Gasteiger partial charge in [-0.05, 0) is 43.5 Å². The molecule has 1 aromatic carbocycles. The lowest BCUT2D eigenvalue weighted by molar-refractivity contribution is -0.153. The summed E-state index contributed by atoms with van der Waals surface area (Å²) < 4.78 is 4.98. The van der Waals surface area contributed by atoms with E-state index in [0.29, 0.717) is 18.0 Å². The summed E-state index contributed by atoms with van der Waals surface area (Å²) in [4.78, 5) is 12.1. The molecule has 1 aliphatic rings. The molecule has 0 spiro atoms. The predicted octanol–water partition coefficient (Wildman–Crippen LogP) is 2.43. The van der Waals surface area contributed by atoms with Crippen molar-refractivity contribution in [2.24, 2.45) is 5.41 Å². The Morgan fingerprint density at radius 2 is 2.17 bits per heavy atom. The summed E-state index contributed by atoms with van der Waals surface area (Å²) in [5.41, 5.74) is 0.689. The normalized spacial score (nSPS) is 23.7. The average Bonchev–Trinajstić information content (AvgIpc) is 2.41. The number of ether oxygens (including phenoxy) is 1. The lowest BCUT2D eigenvalue weighted by atomic mass is 9.76. The molecule has 0 amide bonds. The molecule has 1 aromatic rings. The van der Waals surface area contributed by atoms with Crippen LogP contribution in [0, 0.1) is 5.41 Å². The first kappa shape index (κ1) is 13.4. The van der Waals surface area contributed by atoms with E-state index >= 15 is 0 Å². The predicted molar refractivity (Wildman–Crippen MR) is 71.7 cm³/mol. The number of carbonyl (C=O) groups is 1. The minimum absolute atomic E-state index is 0.121. The van der Waals surface area contributed by atoms with E-state index in [1.54, 1.807) is 0 Å². The number of hydrogen-bond acceptors (Lipinski definition) is 3. The van der Waals surface area contributed by atoms with Gasteiger partial charge in [-0.3, -0.25) is 4.79 Å². The van der Waals surface area contributed by atoms with Crippen molar-refractivity contribution in [3.05, 3.63) is 34.9 Å². The molecule has 1 heterocycles. The monoisotopic (exact) mass is 267 g/mol. The second kappa shape index (κ2) is 5.72. The Labute approximate surface area is 112 Å². The average molecular weight is 268 g/mol. The van der Waals surface area contributed by atoms with Crippen molar-refractivity contribution < 1.29 is 9.53 Å². The van der Waals surface area contributed by atoms with Gasteiger partial charge in [-0.1, -0.05) is 23.7 Å². The van der Waals surface area contributed by atoms with Crippen molar-refractivity contribution in [2.45, 2.75) is 19.3 Å². The number of hydrogen-bond donors (Lipinski definition) is 1. The molecule has 1 unspecified atom stereocenters. The van der Waals surface area contributed by atoms with Gasteiger partial charge in [-0.15, -0.1) is 0 Å².